The first-order valence-corrected chi connectivity index (χ1v) is 12.0. The van der Waals surface area contributed by atoms with Gasteiger partial charge in [-0.1, -0.05) is 73.5 Å². The number of nitrogens with one attached hydrogen (secondary N) is 1. The highest BCUT2D eigenvalue weighted by molar-refractivity contribution is 6.28. The summed E-state index contributed by atoms with van der Waals surface area (Å²) >= 11 is 6.32. The number of nitrogens with zero attached hydrogens (tertiary/aromatic N) is 4. The second-order valence-electron chi connectivity index (χ2n) is 8.75. The molecule has 1 fully saturated rings. The molecule has 170 valence electrons. The van der Waals surface area contributed by atoms with Crippen LogP contribution in [-0.2, 0) is 13.0 Å². The van der Waals surface area contributed by atoms with Gasteiger partial charge in [0.1, 0.15) is 11.3 Å². The molecule has 5 rings (SSSR count). The second kappa shape index (κ2) is 9.89. The Kier molecular flexibility index (Phi) is 6.55. The summed E-state index contributed by atoms with van der Waals surface area (Å²) in [6.45, 7) is 0.658. The standard InChI is InChI=1S/C26H28ClN5O/c27-26-30-23(28-21(17-33)15-18-9-3-1-4-10-18)22-24(31-26)29-25(20-13-7-8-14-20)32(22)16-19-11-5-2-6-12-19/h1-6,9-12,20-21,33H,7-8,13-17H2,(H,28,30,31)/t21-/m1/s1. The van der Waals surface area contributed by atoms with Gasteiger partial charge in [0.05, 0.1) is 12.6 Å². The molecule has 2 heterocycles. The highest BCUT2D eigenvalue weighted by atomic mass is 35.5. The Labute approximate surface area is 198 Å². The maximum absolute atomic E-state index is 10.1. The Balaban J connectivity index is 1.57. The number of halogens is 1. The number of hydrogen-bond donors (Lipinski definition) is 2. The van der Waals surface area contributed by atoms with Gasteiger partial charge >= 0.3 is 0 Å². The lowest BCUT2D eigenvalue weighted by Crippen LogP contribution is -2.27. The van der Waals surface area contributed by atoms with Crippen molar-refractivity contribution in [2.45, 2.75) is 50.6 Å². The van der Waals surface area contributed by atoms with Gasteiger partial charge < -0.3 is 15.0 Å². The fraction of sp³-hybridized carbons (Fsp3) is 0.346. The van der Waals surface area contributed by atoms with Crippen molar-refractivity contribution >= 4 is 28.6 Å². The predicted octanol–water partition coefficient (Wildman–Crippen LogP) is 5.20. The average molecular weight is 462 g/mol. The number of anilines is 1. The van der Waals surface area contributed by atoms with Crippen molar-refractivity contribution in [1.29, 1.82) is 0 Å². The number of hydrogen-bond acceptors (Lipinski definition) is 5. The molecule has 6 nitrogen and oxygen atoms in total. The monoisotopic (exact) mass is 461 g/mol. The van der Waals surface area contributed by atoms with Crippen molar-refractivity contribution in [3.8, 4) is 0 Å². The van der Waals surface area contributed by atoms with Crippen LogP contribution in [0, 0.1) is 0 Å². The molecule has 4 aromatic rings. The smallest absolute Gasteiger partial charge is 0.226 e. The third-order valence-electron chi connectivity index (χ3n) is 6.40. The molecule has 0 saturated heterocycles. The number of aliphatic hydroxyl groups is 1. The van der Waals surface area contributed by atoms with E-state index < -0.39 is 0 Å². The topological polar surface area (TPSA) is 75.9 Å². The molecule has 2 N–H and O–H groups in total. The molecule has 1 saturated carbocycles. The Morgan fingerprint density at radius 3 is 2.27 bits per heavy atom. The summed E-state index contributed by atoms with van der Waals surface area (Å²) in [7, 11) is 0. The van der Waals surface area contributed by atoms with Crippen LogP contribution in [0.5, 0.6) is 0 Å². The Bertz CT molecular complexity index is 1210. The average Bonchev–Trinajstić information content (AvgIpc) is 3.48. The van der Waals surface area contributed by atoms with Gasteiger partial charge in [-0.25, -0.2) is 4.98 Å². The highest BCUT2D eigenvalue weighted by Crippen LogP contribution is 2.37. The molecular formula is C26H28ClN5O. The van der Waals surface area contributed by atoms with Crippen molar-refractivity contribution in [1.82, 2.24) is 19.5 Å². The van der Waals surface area contributed by atoms with Crippen molar-refractivity contribution in [3.63, 3.8) is 0 Å². The molecule has 0 unspecified atom stereocenters. The van der Waals surface area contributed by atoms with Gasteiger partial charge in [-0.3, -0.25) is 0 Å². The van der Waals surface area contributed by atoms with Gasteiger partial charge in [0.2, 0.25) is 5.28 Å². The third kappa shape index (κ3) is 4.87. The molecule has 1 aliphatic carbocycles. The van der Waals surface area contributed by atoms with Crippen LogP contribution < -0.4 is 5.32 Å². The molecule has 0 aliphatic heterocycles. The quantitative estimate of drug-likeness (QED) is 0.353. The number of benzene rings is 2. The lowest BCUT2D eigenvalue weighted by Gasteiger charge is -2.19. The molecule has 1 atom stereocenters. The summed E-state index contributed by atoms with van der Waals surface area (Å²) in [5, 5.41) is 13.7. The lowest BCUT2D eigenvalue weighted by molar-refractivity contribution is 0.273. The zero-order valence-corrected chi connectivity index (χ0v) is 19.2. The van der Waals surface area contributed by atoms with Crippen LogP contribution in [0.4, 0.5) is 5.82 Å². The maximum Gasteiger partial charge on any atom is 0.226 e. The summed E-state index contributed by atoms with van der Waals surface area (Å²) in [5.74, 6) is 2.08. The number of aliphatic hydroxyl groups excluding tert-OH is 1. The van der Waals surface area contributed by atoms with E-state index in [2.05, 4.69) is 56.3 Å². The van der Waals surface area contributed by atoms with Crippen LogP contribution in [0.2, 0.25) is 5.28 Å². The maximum atomic E-state index is 10.1. The van der Waals surface area contributed by atoms with E-state index in [1.165, 1.54) is 18.4 Å². The number of imidazole rings is 1. The van der Waals surface area contributed by atoms with Gasteiger partial charge in [0.25, 0.3) is 0 Å². The molecule has 2 aromatic heterocycles. The Morgan fingerprint density at radius 2 is 1.61 bits per heavy atom. The molecule has 7 heteroatoms. The van der Waals surface area contributed by atoms with E-state index in [-0.39, 0.29) is 17.9 Å². The van der Waals surface area contributed by atoms with Crippen molar-refractivity contribution in [2.24, 2.45) is 0 Å². The SMILES string of the molecule is OC[C@@H](Cc1ccccc1)Nc1nc(Cl)nc2nc(C3CCCC3)n(Cc3ccccc3)c12. The Hall–Kier alpha value is -2.96. The van der Waals surface area contributed by atoms with E-state index in [0.29, 0.717) is 30.3 Å². The summed E-state index contributed by atoms with van der Waals surface area (Å²) in [4.78, 5) is 14.0. The van der Waals surface area contributed by atoms with E-state index >= 15 is 0 Å². The van der Waals surface area contributed by atoms with E-state index in [1.54, 1.807) is 0 Å². The Morgan fingerprint density at radius 1 is 0.939 bits per heavy atom. The second-order valence-corrected chi connectivity index (χ2v) is 9.09. The van der Waals surface area contributed by atoms with Crippen molar-refractivity contribution < 1.29 is 5.11 Å². The van der Waals surface area contributed by atoms with E-state index in [4.69, 9.17) is 16.6 Å². The highest BCUT2D eigenvalue weighted by Gasteiger charge is 2.27. The van der Waals surface area contributed by atoms with Gasteiger partial charge in [-0.05, 0) is 42.0 Å². The first kappa shape index (κ1) is 21.9. The van der Waals surface area contributed by atoms with E-state index in [1.807, 2.05) is 24.3 Å². The van der Waals surface area contributed by atoms with Gasteiger partial charge in [0, 0.05) is 12.5 Å². The normalized spacial score (nSPS) is 15.2. The summed E-state index contributed by atoms with van der Waals surface area (Å²) in [6.07, 6.45) is 5.38. The summed E-state index contributed by atoms with van der Waals surface area (Å²) in [6, 6.07) is 20.3. The molecule has 0 bridgehead atoms. The van der Waals surface area contributed by atoms with Gasteiger partial charge in [0.15, 0.2) is 11.5 Å². The molecule has 0 radical (unpaired) electrons. The van der Waals surface area contributed by atoms with Crippen LogP contribution in [0.15, 0.2) is 60.7 Å². The molecular weight excluding hydrogens is 434 g/mol. The van der Waals surface area contributed by atoms with E-state index in [0.717, 1.165) is 29.7 Å². The van der Waals surface area contributed by atoms with Gasteiger partial charge in [-0.15, -0.1) is 0 Å². The lowest BCUT2D eigenvalue weighted by atomic mass is 10.1. The summed E-state index contributed by atoms with van der Waals surface area (Å²) in [5.41, 5.74) is 3.79. The van der Waals surface area contributed by atoms with Crippen molar-refractivity contribution in [2.75, 3.05) is 11.9 Å². The number of aromatic nitrogens is 4. The first-order valence-electron chi connectivity index (χ1n) is 11.6. The van der Waals surface area contributed by atoms with Crippen LogP contribution in [-0.4, -0.2) is 37.3 Å². The van der Waals surface area contributed by atoms with Crippen LogP contribution in [0.3, 0.4) is 0 Å². The fourth-order valence-corrected chi connectivity index (χ4v) is 4.97. The van der Waals surface area contributed by atoms with Gasteiger partial charge in [-0.2, -0.15) is 9.97 Å². The summed E-state index contributed by atoms with van der Waals surface area (Å²) < 4.78 is 2.25. The third-order valence-corrected chi connectivity index (χ3v) is 6.56. The fourth-order valence-electron chi connectivity index (χ4n) is 4.80. The first-order chi connectivity index (χ1) is 16.2. The molecule has 2 aromatic carbocycles. The largest absolute Gasteiger partial charge is 0.394 e. The minimum atomic E-state index is -0.212. The minimum Gasteiger partial charge on any atom is -0.394 e. The number of rotatable bonds is 8. The minimum absolute atomic E-state index is 0.0275. The number of fused-ring (bicyclic) bond motifs is 1. The predicted molar refractivity (Wildman–Crippen MR) is 132 cm³/mol. The van der Waals surface area contributed by atoms with Crippen LogP contribution in [0.1, 0.15) is 48.6 Å². The van der Waals surface area contributed by atoms with Crippen LogP contribution in [0.25, 0.3) is 11.2 Å². The molecule has 0 spiro atoms. The molecule has 33 heavy (non-hydrogen) atoms. The molecule has 0 amide bonds. The van der Waals surface area contributed by atoms with Crippen molar-refractivity contribution in [3.05, 3.63) is 82.9 Å². The van der Waals surface area contributed by atoms with Crippen LogP contribution >= 0.6 is 11.6 Å². The zero-order chi connectivity index (χ0) is 22.6. The van der Waals surface area contributed by atoms with E-state index in [9.17, 15) is 5.11 Å². The zero-order valence-electron chi connectivity index (χ0n) is 18.5. The molecule has 1 aliphatic rings.